The maximum Gasteiger partial charge on any atom is 0.246 e. The van der Waals surface area contributed by atoms with E-state index in [0.717, 1.165) is 18.6 Å². The van der Waals surface area contributed by atoms with Crippen LogP contribution in [-0.4, -0.2) is 60.0 Å². The number of rotatable bonds is 3. The maximum atomic E-state index is 12.8. The molecule has 6 heteroatoms. The van der Waals surface area contributed by atoms with Crippen molar-refractivity contribution in [3.8, 4) is 0 Å². The van der Waals surface area contributed by atoms with E-state index in [1.165, 1.54) is 0 Å². The molecule has 142 valence electrons. The SMILES string of the molecule is Cc1ccc(/C=C/C(=O)N2CCC(C(=O)N3CC(C)OC(C)C3)CC2)o1. The summed E-state index contributed by atoms with van der Waals surface area (Å²) < 4.78 is 11.1. The number of nitrogens with zero attached hydrogens (tertiary/aromatic N) is 2. The Balaban J connectivity index is 1.49. The van der Waals surface area contributed by atoms with Crippen molar-refractivity contribution in [1.29, 1.82) is 0 Å². The zero-order chi connectivity index (χ0) is 18.7. The zero-order valence-corrected chi connectivity index (χ0v) is 15.8. The summed E-state index contributed by atoms with van der Waals surface area (Å²) in [6.45, 7) is 8.44. The molecule has 0 bridgehead atoms. The van der Waals surface area contributed by atoms with Crippen molar-refractivity contribution < 1.29 is 18.7 Å². The number of ether oxygens (including phenoxy) is 1. The minimum Gasteiger partial charge on any atom is -0.462 e. The van der Waals surface area contributed by atoms with Crippen LogP contribution in [0.3, 0.4) is 0 Å². The highest BCUT2D eigenvalue weighted by molar-refractivity contribution is 5.91. The number of piperidine rings is 1. The van der Waals surface area contributed by atoms with E-state index in [0.29, 0.717) is 31.9 Å². The summed E-state index contributed by atoms with van der Waals surface area (Å²) in [5.41, 5.74) is 0. The predicted octanol–water partition coefficient (Wildman–Crippen LogP) is 2.48. The molecule has 2 amide bonds. The summed E-state index contributed by atoms with van der Waals surface area (Å²) in [5, 5.41) is 0. The minimum atomic E-state index is -0.0291. The molecule has 0 spiro atoms. The largest absolute Gasteiger partial charge is 0.462 e. The van der Waals surface area contributed by atoms with Crippen molar-refractivity contribution in [2.24, 2.45) is 5.92 Å². The van der Waals surface area contributed by atoms with Crippen LogP contribution in [0.1, 0.15) is 38.2 Å². The average Bonchev–Trinajstić information content (AvgIpc) is 3.03. The van der Waals surface area contributed by atoms with E-state index in [1.54, 1.807) is 17.1 Å². The van der Waals surface area contributed by atoms with Gasteiger partial charge in [-0.05, 0) is 51.8 Å². The quantitative estimate of drug-likeness (QED) is 0.777. The third-order valence-electron chi connectivity index (χ3n) is 5.04. The zero-order valence-electron chi connectivity index (χ0n) is 15.8. The smallest absolute Gasteiger partial charge is 0.246 e. The number of amides is 2. The van der Waals surface area contributed by atoms with Gasteiger partial charge in [0.25, 0.3) is 0 Å². The van der Waals surface area contributed by atoms with Crippen LogP contribution in [-0.2, 0) is 14.3 Å². The second-order valence-electron chi connectivity index (χ2n) is 7.38. The van der Waals surface area contributed by atoms with Crippen LogP contribution in [0.2, 0.25) is 0 Å². The van der Waals surface area contributed by atoms with Crippen LogP contribution in [0.15, 0.2) is 22.6 Å². The molecule has 26 heavy (non-hydrogen) atoms. The number of hydrogen-bond acceptors (Lipinski definition) is 4. The van der Waals surface area contributed by atoms with Gasteiger partial charge in [-0.3, -0.25) is 9.59 Å². The standard InChI is InChI=1S/C20H28N2O4/c1-14-4-5-18(26-14)6-7-19(23)21-10-8-17(9-11-21)20(24)22-12-15(2)25-16(3)13-22/h4-7,15-17H,8-13H2,1-3H3/b7-6+. The van der Waals surface area contributed by atoms with E-state index in [-0.39, 0.29) is 29.9 Å². The van der Waals surface area contributed by atoms with Crippen molar-refractivity contribution >= 4 is 17.9 Å². The van der Waals surface area contributed by atoms with Crippen LogP contribution < -0.4 is 0 Å². The number of carbonyl (C=O) groups excluding carboxylic acids is 2. The molecule has 3 rings (SSSR count). The van der Waals surface area contributed by atoms with E-state index in [4.69, 9.17) is 9.15 Å². The highest BCUT2D eigenvalue weighted by Crippen LogP contribution is 2.22. The molecule has 0 saturated carbocycles. The van der Waals surface area contributed by atoms with Gasteiger partial charge in [0.05, 0.1) is 12.2 Å². The first-order valence-electron chi connectivity index (χ1n) is 9.40. The Morgan fingerprint density at radius 2 is 1.73 bits per heavy atom. The molecule has 0 N–H and O–H groups in total. The van der Waals surface area contributed by atoms with Crippen LogP contribution in [0, 0.1) is 12.8 Å². The molecule has 3 heterocycles. The van der Waals surface area contributed by atoms with Gasteiger partial charge >= 0.3 is 0 Å². The summed E-state index contributed by atoms with van der Waals surface area (Å²) in [6.07, 6.45) is 4.85. The van der Waals surface area contributed by atoms with Crippen molar-refractivity contribution in [3.05, 3.63) is 29.7 Å². The number of aryl methyl sites for hydroxylation is 1. The second-order valence-corrected chi connectivity index (χ2v) is 7.38. The van der Waals surface area contributed by atoms with Gasteiger partial charge in [-0.15, -0.1) is 0 Å². The minimum absolute atomic E-state index is 0.00764. The van der Waals surface area contributed by atoms with Crippen LogP contribution in [0.5, 0.6) is 0 Å². The van der Waals surface area contributed by atoms with Gasteiger partial charge in [0.2, 0.25) is 11.8 Å². The van der Waals surface area contributed by atoms with Gasteiger partial charge in [-0.2, -0.15) is 0 Å². The van der Waals surface area contributed by atoms with E-state index in [2.05, 4.69) is 0 Å². The number of furan rings is 1. The molecule has 6 nitrogen and oxygen atoms in total. The van der Waals surface area contributed by atoms with Crippen molar-refractivity contribution in [3.63, 3.8) is 0 Å². The molecular weight excluding hydrogens is 332 g/mol. The van der Waals surface area contributed by atoms with E-state index >= 15 is 0 Å². The Labute approximate surface area is 154 Å². The Morgan fingerprint density at radius 1 is 1.08 bits per heavy atom. The molecule has 0 radical (unpaired) electrons. The molecule has 2 saturated heterocycles. The predicted molar refractivity (Wildman–Crippen MR) is 98.4 cm³/mol. The fourth-order valence-corrected chi connectivity index (χ4v) is 3.76. The number of morpholine rings is 1. The van der Waals surface area contributed by atoms with Crippen LogP contribution >= 0.6 is 0 Å². The summed E-state index contributed by atoms with van der Waals surface area (Å²) in [7, 11) is 0. The first kappa shape index (κ1) is 18.7. The van der Waals surface area contributed by atoms with Gasteiger partial charge in [-0.1, -0.05) is 0 Å². The molecule has 0 aromatic carbocycles. The number of hydrogen-bond donors (Lipinski definition) is 0. The lowest BCUT2D eigenvalue weighted by atomic mass is 9.94. The normalized spacial score (nSPS) is 25.0. The fourth-order valence-electron chi connectivity index (χ4n) is 3.76. The van der Waals surface area contributed by atoms with E-state index < -0.39 is 0 Å². The molecule has 1 aromatic heterocycles. The Morgan fingerprint density at radius 3 is 2.31 bits per heavy atom. The van der Waals surface area contributed by atoms with Gasteiger partial charge in [-0.25, -0.2) is 0 Å². The summed E-state index contributed by atoms with van der Waals surface area (Å²) in [5.74, 6) is 1.69. The third-order valence-corrected chi connectivity index (χ3v) is 5.04. The van der Waals surface area contributed by atoms with Gasteiger partial charge < -0.3 is 19.0 Å². The highest BCUT2D eigenvalue weighted by atomic mass is 16.5. The lowest BCUT2D eigenvalue weighted by molar-refractivity contribution is -0.149. The van der Waals surface area contributed by atoms with Crippen molar-refractivity contribution in [1.82, 2.24) is 9.80 Å². The van der Waals surface area contributed by atoms with Crippen LogP contribution in [0.25, 0.3) is 6.08 Å². The molecule has 0 aliphatic carbocycles. The molecule has 2 atom stereocenters. The average molecular weight is 360 g/mol. The van der Waals surface area contributed by atoms with Gasteiger partial charge in [0.1, 0.15) is 11.5 Å². The van der Waals surface area contributed by atoms with Crippen molar-refractivity contribution in [2.75, 3.05) is 26.2 Å². The van der Waals surface area contributed by atoms with Gasteiger partial charge in [0.15, 0.2) is 0 Å². The Bertz CT molecular complexity index is 663. The molecule has 2 aliphatic rings. The molecular formula is C20H28N2O4. The second kappa shape index (κ2) is 8.08. The monoisotopic (exact) mass is 360 g/mol. The summed E-state index contributed by atoms with van der Waals surface area (Å²) in [4.78, 5) is 28.8. The summed E-state index contributed by atoms with van der Waals surface area (Å²) >= 11 is 0. The van der Waals surface area contributed by atoms with E-state index in [1.807, 2.05) is 37.8 Å². The highest BCUT2D eigenvalue weighted by Gasteiger charge is 2.33. The first-order chi connectivity index (χ1) is 12.4. The molecule has 2 unspecified atom stereocenters. The maximum absolute atomic E-state index is 12.8. The Hall–Kier alpha value is -2.08. The lowest BCUT2D eigenvalue weighted by Crippen LogP contribution is -2.51. The lowest BCUT2D eigenvalue weighted by Gasteiger charge is -2.39. The van der Waals surface area contributed by atoms with Crippen molar-refractivity contribution in [2.45, 2.75) is 45.8 Å². The number of carbonyl (C=O) groups is 2. The van der Waals surface area contributed by atoms with Crippen LogP contribution in [0.4, 0.5) is 0 Å². The van der Waals surface area contributed by atoms with E-state index in [9.17, 15) is 9.59 Å². The molecule has 2 aliphatic heterocycles. The molecule has 2 fully saturated rings. The topological polar surface area (TPSA) is 63.0 Å². The van der Waals surface area contributed by atoms with Gasteiger partial charge in [0, 0.05) is 38.2 Å². The molecule has 1 aromatic rings. The fraction of sp³-hybridized carbons (Fsp3) is 0.600. The Kier molecular flexibility index (Phi) is 5.81. The summed E-state index contributed by atoms with van der Waals surface area (Å²) in [6, 6.07) is 3.71. The number of likely N-dealkylation sites (tertiary alicyclic amines) is 1. The third kappa shape index (κ3) is 4.55. The first-order valence-corrected chi connectivity index (χ1v) is 9.40.